The summed E-state index contributed by atoms with van der Waals surface area (Å²) in [5.74, 6) is 0.607. The summed E-state index contributed by atoms with van der Waals surface area (Å²) in [6.45, 7) is 0.364. The predicted molar refractivity (Wildman–Crippen MR) is 104 cm³/mol. The van der Waals surface area contributed by atoms with Crippen molar-refractivity contribution in [3.63, 3.8) is 0 Å². The maximum atomic E-state index is 12.8. The third-order valence-electron chi connectivity index (χ3n) is 4.21. The fourth-order valence-corrected chi connectivity index (χ4v) is 3.67. The zero-order chi connectivity index (χ0) is 17.9. The van der Waals surface area contributed by atoms with Crippen LogP contribution in [0.3, 0.4) is 0 Å². The molecule has 0 aliphatic heterocycles. The Labute approximate surface area is 154 Å². The molecule has 26 heavy (non-hydrogen) atoms. The molecule has 4 aromatic rings. The number of pyridine rings is 1. The van der Waals surface area contributed by atoms with Gasteiger partial charge in [0.15, 0.2) is 0 Å². The van der Waals surface area contributed by atoms with E-state index in [0.29, 0.717) is 12.3 Å². The lowest BCUT2D eigenvalue weighted by Gasteiger charge is -2.12. The second kappa shape index (κ2) is 7.01. The highest BCUT2D eigenvalue weighted by Gasteiger charge is 2.15. The third kappa shape index (κ3) is 3.19. The van der Waals surface area contributed by atoms with E-state index in [2.05, 4.69) is 10.3 Å². The fourth-order valence-electron chi connectivity index (χ4n) is 2.82. The van der Waals surface area contributed by atoms with Gasteiger partial charge in [-0.3, -0.25) is 9.78 Å². The SMILES string of the molecule is Cn1c(C(=O)Nc2ccccc2COc2ccncc2)cc2sccc21. The molecule has 0 unspecified atom stereocenters. The molecule has 6 heteroatoms. The Kier molecular flexibility index (Phi) is 4.41. The minimum Gasteiger partial charge on any atom is -0.489 e. The number of fused-ring (bicyclic) bond motifs is 1. The number of nitrogens with one attached hydrogen (secondary N) is 1. The summed E-state index contributed by atoms with van der Waals surface area (Å²) in [4.78, 5) is 16.7. The molecule has 130 valence electrons. The Morgan fingerprint density at radius 1 is 1.19 bits per heavy atom. The van der Waals surface area contributed by atoms with Crippen LogP contribution in [-0.4, -0.2) is 15.5 Å². The van der Waals surface area contributed by atoms with Gasteiger partial charge in [0, 0.05) is 30.7 Å². The largest absolute Gasteiger partial charge is 0.489 e. The summed E-state index contributed by atoms with van der Waals surface area (Å²) in [6.07, 6.45) is 3.37. The molecule has 0 saturated heterocycles. The first-order valence-corrected chi connectivity index (χ1v) is 9.05. The number of amides is 1. The minimum atomic E-state index is -0.132. The van der Waals surface area contributed by atoms with Crippen molar-refractivity contribution < 1.29 is 9.53 Å². The lowest BCUT2D eigenvalue weighted by Crippen LogP contribution is -2.17. The standard InChI is InChI=1S/C20H17N3O2S/c1-23-17-8-11-26-19(17)12-18(23)20(24)22-16-5-3-2-4-14(16)13-25-15-6-9-21-10-7-15/h2-12H,13H2,1H3,(H,22,24). The summed E-state index contributed by atoms with van der Waals surface area (Å²) in [5, 5.41) is 5.03. The number of nitrogens with zero attached hydrogens (tertiary/aromatic N) is 2. The van der Waals surface area contributed by atoms with Gasteiger partial charge in [-0.2, -0.15) is 0 Å². The molecule has 4 rings (SSSR count). The van der Waals surface area contributed by atoms with Gasteiger partial charge in [0.05, 0.1) is 10.2 Å². The van der Waals surface area contributed by atoms with Crippen LogP contribution in [0.25, 0.3) is 10.2 Å². The van der Waals surface area contributed by atoms with E-state index in [4.69, 9.17) is 4.74 Å². The maximum absolute atomic E-state index is 12.8. The summed E-state index contributed by atoms with van der Waals surface area (Å²) in [6, 6.07) is 15.2. The molecule has 0 fully saturated rings. The van der Waals surface area contributed by atoms with Crippen LogP contribution in [0.15, 0.2) is 66.3 Å². The average Bonchev–Trinajstić information content (AvgIpc) is 3.25. The molecule has 0 radical (unpaired) electrons. The van der Waals surface area contributed by atoms with Crippen LogP contribution in [0, 0.1) is 0 Å². The number of hydrogen-bond donors (Lipinski definition) is 1. The van der Waals surface area contributed by atoms with Crippen LogP contribution < -0.4 is 10.1 Å². The smallest absolute Gasteiger partial charge is 0.272 e. The van der Waals surface area contributed by atoms with Gasteiger partial charge >= 0.3 is 0 Å². The Bertz CT molecular complexity index is 1050. The topological polar surface area (TPSA) is 56.2 Å². The van der Waals surface area contributed by atoms with Crippen LogP contribution in [0.4, 0.5) is 5.69 Å². The molecular formula is C20H17N3O2S. The Balaban J connectivity index is 1.53. The van der Waals surface area contributed by atoms with E-state index < -0.39 is 0 Å². The fraction of sp³-hybridized carbons (Fsp3) is 0.100. The van der Waals surface area contributed by atoms with E-state index in [-0.39, 0.29) is 5.91 Å². The molecule has 1 N–H and O–H groups in total. The Morgan fingerprint density at radius 3 is 2.81 bits per heavy atom. The number of carbonyl (C=O) groups is 1. The second-order valence-corrected chi connectivity index (χ2v) is 6.79. The zero-order valence-electron chi connectivity index (χ0n) is 14.2. The van der Waals surface area contributed by atoms with Crippen molar-refractivity contribution in [3.8, 4) is 5.75 Å². The summed E-state index contributed by atoms with van der Waals surface area (Å²) < 4.78 is 8.80. The zero-order valence-corrected chi connectivity index (χ0v) is 15.0. The van der Waals surface area contributed by atoms with Crippen LogP contribution in [-0.2, 0) is 13.7 Å². The molecule has 0 aliphatic rings. The van der Waals surface area contributed by atoms with Crippen LogP contribution >= 0.6 is 11.3 Å². The van der Waals surface area contributed by atoms with Crippen molar-refractivity contribution in [1.29, 1.82) is 0 Å². The third-order valence-corrected chi connectivity index (χ3v) is 5.06. The molecule has 0 saturated carbocycles. The molecular weight excluding hydrogens is 346 g/mol. The normalized spacial score (nSPS) is 10.8. The van der Waals surface area contributed by atoms with E-state index in [9.17, 15) is 4.79 Å². The Morgan fingerprint density at radius 2 is 2.00 bits per heavy atom. The van der Waals surface area contributed by atoms with E-state index in [1.165, 1.54) is 0 Å². The van der Waals surface area contributed by atoms with Crippen molar-refractivity contribution in [1.82, 2.24) is 9.55 Å². The van der Waals surface area contributed by atoms with Crippen molar-refractivity contribution in [2.45, 2.75) is 6.61 Å². The molecule has 1 aromatic carbocycles. The predicted octanol–water partition coefficient (Wildman–Crippen LogP) is 4.47. The number of aryl methyl sites for hydroxylation is 1. The molecule has 0 bridgehead atoms. The van der Waals surface area contributed by atoms with E-state index in [1.807, 2.05) is 53.4 Å². The van der Waals surface area contributed by atoms with Crippen molar-refractivity contribution in [2.75, 3.05) is 5.32 Å². The second-order valence-electron chi connectivity index (χ2n) is 5.84. The van der Waals surface area contributed by atoms with Gasteiger partial charge in [-0.25, -0.2) is 0 Å². The van der Waals surface area contributed by atoms with Gasteiger partial charge < -0.3 is 14.6 Å². The van der Waals surface area contributed by atoms with Crippen molar-refractivity contribution >= 4 is 33.1 Å². The number of thiophene rings is 1. The van der Waals surface area contributed by atoms with Gasteiger partial charge in [0.2, 0.25) is 0 Å². The quantitative estimate of drug-likeness (QED) is 0.569. The minimum absolute atomic E-state index is 0.132. The lowest BCUT2D eigenvalue weighted by molar-refractivity contribution is 0.101. The van der Waals surface area contributed by atoms with E-state index in [1.54, 1.807) is 35.9 Å². The van der Waals surface area contributed by atoms with E-state index in [0.717, 1.165) is 27.2 Å². The number of carbonyl (C=O) groups excluding carboxylic acids is 1. The molecule has 0 spiro atoms. The number of anilines is 1. The first-order chi connectivity index (χ1) is 12.7. The summed E-state index contributed by atoms with van der Waals surface area (Å²) >= 11 is 1.63. The Hall–Kier alpha value is -3.12. The molecule has 3 aromatic heterocycles. The first kappa shape index (κ1) is 16.4. The molecule has 5 nitrogen and oxygen atoms in total. The van der Waals surface area contributed by atoms with Crippen molar-refractivity contribution in [2.24, 2.45) is 7.05 Å². The monoisotopic (exact) mass is 363 g/mol. The maximum Gasteiger partial charge on any atom is 0.272 e. The molecule has 0 atom stereocenters. The highest BCUT2D eigenvalue weighted by atomic mass is 32.1. The highest BCUT2D eigenvalue weighted by Crippen LogP contribution is 2.25. The summed E-state index contributed by atoms with van der Waals surface area (Å²) in [7, 11) is 1.91. The number of aromatic nitrogens is 2. The number of para-hydroxylation sites is 1. The number of hydrogen-bond acceptors (Lipinski definition) is 4. The first-order valence-electron chi connectivity index (χ1n) is 8.17. The van der Waals surface area contributed by atoms with Crippen LogP contribution in [0.5, 0.6) is 5.75 Å². The highest BCUT2D eigenvalue weighted by molar-refractivity contribution is 7.17. The van der Waals surface area contributed by atoms with Gasteiger partial charge in [0.25, 0.3) is 5.91 Å². The molecule has 0 aliphatic carbocycles. The van der Waals surface area contributed by atoms with E-state index >= 15 is 0 Å². The average molecular weight is 363 g/mol. The molecule has 3 heterocycles. The van der Waals surface area contributed by atoms with Crippen LogP contribution in [0.2, 0.25) is 0 Å². The summed E-state index contributed by atoms with van der Waals surface area (Å²) in [5.41, 5.74) is 3.36. The van der Waals surface area contributed by atoms with Gasteiger partial charge in [-0.05, 0) is 35.7 Å². The van der Waals surface area contributed by atoms with Crippen LogP contribution in [0.1, 0.15) is 16.1 Å². The lowest BCUT2D eigenvalue weighted by atomic mass is 10.2. The number of benzene rings is 1. The van der Waals surface area contributed by atoms with Crippen molar-refractivity contribution in [3.05, 3.63) is 77.6 Å². The number of ether oxygens (including phenoxy) is 1. The molecule has 1 amide bonds. The van der Waals surface area contributed by atoms with Gasteiger partial charge in [-0.15, -0.1) is 11.3 Å². The number of rotatable bonds is 5. The van der Waals surface area contributed by atoms with Gasteiger partial charge in [0.1, 0.15) is 18.1 Å². The van der Waals surface area contributed by atoms with Gasteiger partial charge in [-0.1, -0.05) is 18.2 Å².